The van der Waals surface area contributed by atoms with E-state index in [1.165, 1.54) is 135 Å². The van der Waals surface area contributed by atoms with Gasteiger partial charge in [0.2, 0.25) is 0 Å². The minimum Gasteiger partial charge on any atom is -0.462 e. The lowest BCUT2D eigenvalue weighted by molar-refractivity contribution is -0.150. The second-order valence-corrected chi connectivity index (χ2v) is 14.6. The van der Waals surface area contributed by atoms with Gasteiger partial charge in [0.25, 0.3) is 10.9 Å². The molecule has 1 aromatic carbocycles. The van der Waals surface area contributed by atoms with Crippen molar-refractivity contribution in [1.29, 1.82) is 0 Å². The molecule has 0 amide bonds. The quantitative estimate of drug-likeness (QED) is 0.0408. The summed E-state index contributed by atoms with van der Waals surface area (Å²) in [7, 11) is 1.68. The molecule has 0 aliphatic carbocycles. The van der Waals surface area contributed by atoms with Crippen LogP contribution < -0.4 is 21.5 Å². The number of nitrogens with one attached hydrogen (secondary N) is 2. The molecule has 0 fully saturated rings. The highest BCUT2D eigenvalue weighted by Gasteiger charge is 2.19. The molecule has 1 aromatic rings. The van der Waals surface area contributed by atoms with Crippen molar-refractivity contribution in [2.24, 2.45) is 0 Å². The van der Waals surface area contributed by atoms with E-state index >= 15 is 0 Å². The van der Waals surface area contributed by atoms with Gasteiger partial charge < -0.3 is 20.3 Å². The molecule has 7 nitrogen and oxygen atoms in total. The molecule has 0 saturated carbocycles. The number of rotatable bonds is 37. The molecular formula is C42H79N3O4. The molecule has 2 N–H and O–H groups in total. The summed E-state index contributed by atoms with van der Waals surface area (Å²) in [5.41, 5.74) is 0.0528. The van der Waals surface area contributed by atoms with Gasteiger partial charge in [-0.25, -0.2) is 0 Å². The molecule has 0 aromatic heterocycles. The lowest BCUT2D eigenvalue weighted by Gasteiger charge is -2.22. The molecule has 7 heteroatoms. The molecule has 0 spiro atoms. The first-order valence-corrected chi connectivity index (χ1v) is 21.1. The van der Waals surface area contributed by atoms with Crippen molar-refractivity contribution >= 4 is 17.3 Å². The summed E-state index contributed by atoms with van der Waals surface area (Å²) in [6.45, 7) is 10.9. The number of nitrogens with zero attached hydrogens (tertiary/aromatic N) is 1. The second kappa shape index (κ2) is 32.0. The van der Waals surface area contributed by atoms with Crippen LogP contribution in [0.15, 0.2) is 9.59 Å². The number of carbonyl (C=O) groups excluding carboxylic acids is 1. The van der Waals surface area contributed by atoms with E-state index in [9.17, 15) is 14.4 Å². The van der Waals surface area contributed by atoms with Crippen molar-refractivity contribution < 1.29 is 9.53 Å². The van der Waals surface area contributed by atoms with E-state index in [1.54, 1.807) is 7.05 Å². The first-order valence-electron chi connectivity index (χ1n) is 21.1. The average molecular weight is 690 g/mol. The van der Waals surface area contributed by atoms with Crippen molar-refractivity contribution in [3.63, 3.8) is 0 Å². The standard InChI is InChI=1S/C42H79N3O4/c1-5-8-11-14-18-23-30-37(31-24-19-15-12-9-6-2)49-38(46)32-25-20-17-22-28-35-45(34-27-21-16-13-10-7-3)36-29-26-33-44-40-39(43-4)41(47)42(40)48/h37,43-44H,5-36H2,1-4H3. The minimum atomic E-state index is -0.415. The normalized spacial score (nSPS) is 11.6. The SMILES string of the molecule is CCCCCCCCC(CCCCCCCC)OC(=O)CCCCCCCN(CCCCCCCC)CCCCNc1c(NC)c(=O)c1=O. The fourth-order valence-corrected chi connectivity index (χ4v) is 6.87. The topological polar surface area (TPSA) is 87.7 Å². The van der Waals surface area contributed by atoms with E-state index in [0.717, 1.165) is 58.2 Å². The van der Waals surface area contributed by atoms with Gasteiger partial charge >= 0.3 is 5.97 Å². The predicted molar refractivity (Wildman–Crippen MR) is 212 cm³/mol. The molecule has 0 saturated heterocycles. The molecule has 0 radical (unpaired) electrons. The number of ether oxygens (including phenoxy) is 1. The summed E-state index contributed by atoms with van der Waals surface area (Å²) in [6.07, 6.45) is 33.7. The van der Waals surface area contributed by atoms with Crippen LogP contribution in [-0.2, 0) is 9.53 Å². The van der Waals surface area contributed by atoms with Crippen LogP contribution in [0.4, 0.5) is 11.4 Å². The van der Waals surface area contributed by atoms with Crippen LogP contribution in [0.2, 0.25) is 0 Å². The molecule has 0 aliphatic heterocycles. The summed E-state index contributed by atoms with van der Waals surface area (Å²) in [6, 6.07) is 0. The van der Waals surface area contributed by atoms with Crippen LogP contribution >= 0.6 is 0 Å². The Morgan fingerprint density at radius 3 is 1.45 bits per heavy atom. The van der Waals surface area contributed by atoms with E-state index in [4.69, 9.17) is 4.74 Å². The van der Waals surface area contributed by atoms with Crippen molar-refractivity contribution in [3.8, 4) is 0 Å². The maximum Gasteiger partial charge on any atom is 0.306 e. The average Bonchev–Trinajstić information content (AvgIpc) is 3.10. The van der Waals surface area contributed by atoms with E-state index in [0.29, 0.717) is 24.3 Å². The highest BCUT2D eigenvalue weighted by Crippen LogP contribution is 2.19. The van der Waals surface area contributed by atoms with Crippen molar-refractivity contribution in [2.45, 2.75) is 207 Å². The van der Waals surface area contributed by atoms with Gasteiger partial charge in [-0.3, -0.25) is 14.4 Å². The number of esters is 1. The Balaban J connectivity index is 2.32. The van der Waals surface area contributed by atoms with Gasteiger partial charge in [0.15, 0.2) is 0 Å². The zero-order chi connectivity index (χ0) is 35.8. The van der Waals surface area contributed by atoms with Gasteiger partial charge in [-0.2, -0.15) is 0 Å². The monoisotopic (exact) mass is 690 g/mol. The molecule has 0 bridgehead atoms. The third-order valence-electron chi connectivity index (χ3n) is 10.1. The molecule has 1 rings (SSSR count). The zero-order valence-corrected chi connectivity index (χ0v) is 32.8. The maximum absolute atomic E-state index is 12.8. The van der Waals surface area contributed by atoms with Crippen LogP contribution in [-0.4, -0.2) is 50.2 Å². The number of hydrogen-bond acceptors (Lipinski definition) is 7. The van der Waals surface area contributed by atoms with Gasteiger partial charge in [-0.15, -0.1) is 0 Å². The first kappa shape index (κ1) is 45.1. The molecule has 0 atom stereocenters. The van der Waals surface area contributed by atoms with Crippen LogP contribution in [0.3, 0.4) is 0 Å². The Kier molecular flexibility index (Phi) is 29.5. The molecule has 0 heterocycles. The van der Waals surface area contributed by atoms with Crippen molar-refractivity contribution in [3.05, 3.63) is 20.4 Å². The Morgan fingerprint density at radius 1 is 0.551 bits per heavy atom. The zero-order valence-electron chi connectivity index (χ0n) is 32.8. The number of carbonyl (C=O) groups is 1. The first-order chi connectivity index (χ1) is 24.0. The largest absolute Gasteiger partial charge is 0.462 e. The van der Waals surface area contributed by atoms with Gasteiger partial charge in [0, 0.05) is 20.0 Å². The van der Waals surface area contributed by atoms with Gasteiger partial charge in [-0.05, 0) is 77.4 Å². The molecule has 49 heavy (non-hydrogen) atoms. The van der Waals surface area contributed by atoms with Crippen molar-refractivity contribution in [2.75, 3.05) is 43.9 Å². The molecule has 0 aliphatic rings. The van der Waals surface area contributed by atoms with Crippen LogP contribution in [0.1, 0.15) is 201 Å². The fraction of sp³-hybridized carbons (Fsp3) is 0.881. The van der Waals surface area contributed by atoms with Gasteiger partial charge in [-0.1, -0.05) is 136 Å². The minimum absolute atomic E-state index is 0.0216. The summed E-state index contributed by atoms with van der Waals surface area (Å²) in [5.74, 6) is 0.0216. The van der Waals surface area contributed by atoms with E-state index in [1.807, 2.05) is 0 Å². The third-order valence-corrected chi connectivity index (χ3v) is 10.1. The highest BCUT2D eigenvalue weighted by atomic mass is 16.5. The Hall–Kier alpha value is -1.89. The van der Waals surface area contributed by atoms with E-state index < -0.39 is 10.9 Å². The number of anilines is 2. The molecular weight excluding hydrogens is 610 g/mol. The predicted octanol–water partition coefficient (Wildman–Crippen LogP) is 10.9. The summed E-state index contributed by atoms with van der Waals surface area (Å²) < 4.78 is 6.04. The van der Waals surface area contributed by atoms with Crippen molar-refractivity contribution in [1.82, 2.24) is 4.90 Å². The number of hydrogen-bond donors (Lipinski definition) is 2. The smallest absolute Gasteiger partial charge is 0.306 e. The van der Waals surface area contributed by atoms with Crippen LogP contribution in [0.25, 0.3) is 0 Å². The Morgan fingerprint density at radius 2 is 0.959 bits per heavy atom. The van der Waals surface area contributed by atoms with Crippen LogP contribution in [0.5, 0.6) is 0 Å². The summed E-state index contributed by atoms with van der Waals surface area (Å²) in [4.78, 5) is 38.8. The number of unbranched alkanes of at least 4 members (excludes halogenated alkanes) is 20. The molecule has 0 unspecified atom stereocenters. The lowest BCUT2D eigenvalue weighted by atomic mass is 10.0. The fourth-order valence-electron chi connectivity index (χ4n) is 6.87. The van der Waals surface area contributed by atoms with Crippen LogP contribution in [0, 0.1) is 0 Å². The summed E-state index contributed by atoms with van der Waals surface area (Å²) >= 11 is 0. The Bertz CT molecular complexity index is 958. The third kappa shape index (κ3) is 23.3. The van der Waals surface area contributed by atoms with Gasteiger partial charge in [0.1, 0.15) is 17.5 Å². The second-order valence-electron chi connectivity index (χ2n) is 14.6. The maximum atomic E-state index is 12.8. The van der Waals surface area contributed by atoms with E-state index in [-0.39, 0.29) is 12.1 Å². The molecule has 286 valence electrons. The Labute approximate surface area is 302 Å². The van der Waals surface area contributed by atoms with Gasteiger partial charge in [0.05, 0.1) is 0 Å². The lowest BCUT2D eigenvalue weighted by Crippen LogP contribution is -2.37. The van der Waals surface area contributed by atoms with E-state index in [2.05, 4.69) is 36.3 Å². The summed E-state index contributed by atoms with van der Waals surface area (Å²) in [5, 5.41) is 5.99. The highest BCUT2D eigenvalue weighted by molar-refractivity contribution is 5.73.